The topological polar surface area (TPSA) is 56.1 Å². The molecule has 0 amide bonds. The van der Waals surface area contributed by atoms with Crippen molar-refractivity contribution < 1.29 is 4.74 Å². The molecule has 0 fully saturated rings. The molecule has 2 aromatic heterocycles. The molecule has 4 rings (SSSR count). The van der Waals surface area contributed by atoms with Crippen molar-refractivity contribution in [3.8, 4) is 5.69 Å². The molecule has 0 aliphatic heterocycles. The van der Waals surface area contributed by atoms with E-state index in [1.165, 1.54) is 0 Å². The molecule has 1 unspecified atom stereocenters. The first-order valence-electron chi connectivity index (χ1n) is 11.0. The van der Waals surface area contributed by atoms with E-state index in [1.54, 1.807) is 12.3 Å². The van der Waals surface area contributed by atoms with Crippen LogP contribution in [0, 0.1) is 0 Å². The number of nitrogens with one attached hydrogen (secondary N) is 1. The number of para-hydroxylation sites is 1. The lowest BCUT2D eigenvalue weighted by Gasteiger charge is -2.20. The van der Waals surface area contributed by atoms with Crippen molar-refractivity contribution in [2.75, 3.05) is 5.32 Å². The van der Waals surface area contributed by atoms with Crippen molar-refractivity contribution in [3.63, 3.8) is 0 Å². The van der Waals surface area contributed by atoms with E-state index in [1.807, 2.05) is 36.4 Å². The number of hydrogen-bond acceptors (Lipinski definition) is 4. The van der Waals surface area contributed by atoms with E-state index >= 15 is 0 Å². The Bertz CT molecular complexity index is 1160. The van der Waals surface area contributed by atoms with Crippen molar-refractivity contribution >= 4 is 16.7 Å². The summed E-state index contributed by atoms with van der Waals surface area (Å²) in [7, 11) is 0. The predicted molar refractivity (Wildman–Crippen MR) is 127 cm³/mol. The van der Waals surface area contributed by atoms with Crippen LogP contribution >= 0.6 is 0 Å². The van der Waals surface area contributed by atoms with Crippen LogP contribution in [-0.4, -0.2) is 15.7 Å². The van der Waals surface area contributed by atoms with Crippen LogP contribution in [0.2, 0.25) is 0 Å². The minimum atomic E-state index is -0.0515. The van der Waals surface area contributed by atoms with Gasteiger partial charge in [-0.05, 0) is 50.5 Å². The van der Waals surface area contributed by atoms with Crippen LogP contribution in [0.3, 0.4) is 0 Å². The molecular formula is C26H29N3O2. The van der Waals surface area contributed by atoms with Crippen molar-refractivity contribution in [2.45, 2.75) is 52.2 Å². The molecule has 5 nitrogen and oxygen atoms in total. The van der Waals surface area contributed by atoms with Gasteiger partial charge in [-0.1, -0.05) is 43.7 Å². The molecule has 1 aliphatic carbocycles. The van der Waals surface area contributed by atoms with E-state index in [-0.39, 0.29) is 11.5 Å². The number of pyridine rings is 2. The van der Waals surface area contributed by atoms with Crippen molar-refractivity contribution in [3.05, 3.63) is 88.5 Å². The Morgan fingerprint density at radius 1 is 1.19 bits per heavy atom. The third-order valence-corrected chi connectivity index (χ3v) is 5.45. The highest BCUT2D eigenvalue weighted by molar-refractivity contribution is 5.83. The SMILES string of the molecule is CCCC(C)OCc1cc2c(cn1)c(=O)cc(NC1=CCCC=C1)n2-c1ccccc1. The summed E-state index contributed by atoms with van der Waals surface area (Å²) >= 11 is 0. The van der Waals surface area contributed by atoms with Crippen LogP contribution in [0.15, 0.2) is 77.4 Å². The lowest BCUT2D eigenvalue weighted by Crippen LogP contribution is -2.15. The number of nitrogens with zero attached hydrogens (tertiary/aromatic N) is 2. The van der Waals surface area contributed by atoms with Crippen molar-refractivity contribution in [1.29, 1.82) is 0 Å². The molecular weight excluding hydrogens is 386 g/mol. The molecule has 1 N–H and O–H groups in total. The molecule has 1 aromatic carbocycles. The van der Waals surface area contributed by atoms with Gasteiger partial charge in [0, 0.05) is 23.6 Å². The molecule has 0 radical (unpaired) electrons. The summed E-state index contributed by atoms with van der Waals surface area (Å²) in [4.78, 5) is 17.4. The first-order chi connectivity index (χ1) is 15.2. The highest BCUT2D eigenvalue weighted by atomic mass is 16.5. The third kappa shape index (κ3) is 4.94. The number of anilines is 1. The van der Waals surface area contributed by atoms with Gasteiger partial charge in [-0.15, -0.1) is 0 Å². The molecule has 1 aliphatic rings. The Kier molecular flexibility index (Phi) is 6.63. The summed E-state index contributed by atoms with van der Waals surface area (Å²) in [5.41, 5.74) is 3.56. The second kappa shape index (κ2) is 9.75. The zero-order valence-corrected chi connectivity index (χ0v) is 18.2. The molecule has 3 aromatic rings. The fourth-order valence-electron chi connectivity index (χ4n) is 3.86. The minimum Gasteiger partial charge on any atom is -0.372 e. The first kappa shape index (κ1) is 21.1. The second-order valence-corrected chi connectivity index (χ2v) is 7.93. The molecule has 0 bridgehead atoms. The number of aromatic nitrogens is 2. The zero-order valence-electron chi connectivity index (χ0n) is 18.2. The first-order valence-corrected chi connectivity index (χ1v) is 11.0. The Balaban J connectivity index is 1.81. The number of hydrogen-bond donors (Lipinski definition) is 1. The van der Waals surface area contributed by atoms with E-state index in [9.17, 15) is 4.79 Å². The summed E-state index contributed by atoms with van der Waals surface area (Å²) in [5, 5.41) is 4.04. The van der Waals surface area contributed by atoms with Gasteiger partial charge in [0.1, 0.15) is 5.82 Å². The van der Waals surface area contributed by atoms with Crippen LogP contribution in [0.25, 0.3) is 16.6 Å². The molecule has 0 saturated heterocycles. The monoisotopic (exact) mass is 415 g/mol. The predicted octanol–water partition coefficient (Wildman–Crippen LogP) is 5.74. The maximum Gasteiger partial charge on any atom is 0.193 e. The number of fused-ring (bicyclic) bond motifs is 1. The number of ether oxygens (including phenoxy) is 1. The molecule has 160 valence electrons. The zero-order chi connectivity index (χ0) is 21.6. The highest BCUT2D eigenvalue weighted by Gasteiger charge is 2.14. The van der Waals surface area contributed by atoms with Gasteiger partial charge in [0.05, 0.1) is 29.3 Å². The van der Waals surface area contributed by atoms with E-state index in [0.717, 1.165) is 54.1 Å². The van der Waals surface area contributed by atoms with Gasteiger partial charge in [-0.3, -0.25) is 14.3 Å². The maximum absolute atomic E-state index is 12.9. The van der Waals surface area contributed by atoms with Gasteiger partial charge >= 0.3 is 0 Å². The van der Waals surface area contributed by atoms with Crippen LogP contribution in [0.5, 0.6) is 0 Å². The van der Waals surface area contributed by atoms with Gasteiger partial charge < -0.3 is 10.1 Å². The summed E-state index contributed by atoms with van der Waals surface area (Å²) in [6, 6.07) is 13.7. The fraction of sp³-hybridized carbons (Fsp3) is 0.308. The second-order valence-electron chi connectivity index (χ2n) is 7.93. The standard InChI is InChI=1S/C26H29N3O2/c1-3-10-19(2)31-18-21-15-24-23(17-27-21)25(30)16-26(28-20-11-6-4-7-12-20)29(24)22-13-8-5-9-14-22/h5-6,8-9,11-17,19,28H,3-4,7,10,18H2,1-2H3. The van der Waals surface area contributed by atoms with Crippen LogP contribution < -0.4 is 10.7 Å². The Labute approximate surface area is 183 Å². The van der Waals surface area contributed by atoms with Gasteiger partial charge in [0.2, 0.25) is 0 Å². The average molecular weight is 416 g/mol. The molecule has 0 saturated carbocycles. The minimum absolute atomic E-state index is 0.0515. The van der Waals surface area contributed by atoms with E-state index in [4.69, 9.17) is 4.74 Å². The maximum atomic E-state index is 12.9. The summed E-state index contributed by atoms with van der Waals surface area (Å²) < 4.78 is 8.05. The molecule has 31 heavy (non-hydrogen) atoms. The largest absolute Gasteiger partial charge is 0.372 e. The summed E-state index contributed by atoms with van der Waals surface area (Å²) in [6.07, 6.45) is 12.3. The van der Waals surface area contributed by atoms with E-state index < -0.39 is 0 Å². The Morgan fingerprint density at radius 2 is 2.03 bits per heavy atom. The molecule has 1 atom stereocenters. The van der Waals surface area contributed by atoms with Crippen molar-refractivity contribution in [2.24, 2.45) is 0 Å². The van der Waals surface area contributed by atoms with Gasteiger partial charge in [-0.25, -0.2) is 0 Å². The average Bonchev–Trinajstić information content (AvgIpc) is 2.79. The van der Waals surface area contributed by atoms with Gasteiger partial charge in [-0.2, -0.15) is 0 Å². The number of benzene rings is 1. The molecule has 0 spiro atoms. The Hall–Kier alpha value is -3.18. The van der Waals surface area contributed by atoms with E-state index in [0.29, 0.717) is 12.0 Å². The third-order valence-electron chi connectivity index (χ3n) is 5.45. The summed E-state index contributed by atoms with van der Waals surface area (Å²) in [5.74, 6) is 0.735. The van der Waals surface area contributed by atoms with Crippen molar-refractivity contribution in [1.82, 2.24) is 9.55 Å². The molecule has 5 heteroatoms. The fourth-order valence-corrected chi connectivity index (χ4v) is 3.86. The number of allylic oxidation sites excluding steroid dienone is 3. The quantitative estimate of drug-likeness (QED) is 0.510. The van der Waals surface area contributed by atoms with Gasteiger partial charge in [0.25, 0.3) is 0 Å². The normalized spacial score (nSPS) is 14.5. The highest BCUT2D eigenvalue weighted by Crippen LogP contribution is 2.25. The lowest BCUT2D eigenvalue weighted by atomic mass is 10.1. The Morgan fingerprint density at radius 3 is 2.77 bits per heavy atom. The van der Waals surface area contributed by atoms with Crippen LogP contribution in [0.4, 0.5) is 5.82 Å². The smallest absolute Gasteiger partial charge is 0.193 e. The molecule has 2 heterocycles. The van der Waals surface area contributed by atoms with Gasteiger partial charge in [0.15, 0.2) is 5.43 Å². The van der Waals surface area contributed by atoms with E-state index in [2.05, 4.69) is 46.9 Å². The van der Waals surface area contributed by atoms with Crippen LogP contribution in [0.1, 0.15) is 45.2 Å². The lowest BCUT2D eigenvalue weighted by molar-refractivity contribution is 0.0453. The van der Waals surface area contributed by atoms with Crippen LogP contribution in [-0.2, 0) is 11.3 Å². The number of rotatable bonds is 8. The summed E-state index contributed by atoms with van der Waals surface area (Å²) in [6.45, 7) is 4.65.